The quantitative estimate of drug-likeness (QED) is 0.808. The van der Waals surface area contributed by atoms with E-state index < -0.39 is 0 Å². The first kappa shape index (κ1) is 13.2. The first-order valence-electron chi connectivity index (χ1n) is 5.77. The monoisotopic (exact) mass is 275 g/mol. The van der Waals surface area contributed by atoms with Crippen LogP contribution in [-0.4, -0.2) is 29.9 Å². The highest BCUT2D eigenvalue weighted by atomic mass is 32.1. The molecule has 19 heavy (non-hydrogen) atoms. The van der Waals surface area contributed by atoms with E-state index in [1.807, 2.05) is 11.4 Å². The Morgan fingerprint density at radius 3 is 2.37 bits per heavy atom. The molecule has 5 nitrogen and oxygen atoms in total. The summed E-state index contributed by atoms with van der Waals surface area (Å²) in [6, 6.07) is 6.86. The number of thiophene rings is 1. The van der Waals surface area contributed by atoms with Crippen LogP contribution in [0.1, 0.15) is 20.0 Å². The van der Waals surface area contributed by atoms with E-state index in [4.69, 9.17) is 0 Å². The second-order valence-corrected chi connectivity index (χ2v) is 4.67. The van der Waals surface area contributed by atoms with E-state index in [1.165, 1.54) is 11.3 Å². The number of amides is 2. The van der Waals surface area contributed by atoms with Crippen molar-refractivity contribution in [2.24, 2.45) is 0 Å². The second kappa shape index (κ2) is 6.65. The lowest BCUT2D eigenvalue weighted by atomic mass is 10.2. The second-order valence-electron chi connectivity index (χ2n) is 3.72. The van der Waals surface area contributed by atoms with E-state index >= 15 is 0 Å². The molecule has 2 N–H and O–H groups in total. The number of hydrogen-bond donors (Lipinski definition) is 2. The van der Waals surface area contributed by atoms with Crippen LogP contribution in [0.2, 0.25) is 0 Å². The standard InChI is InChI=1S/C13H13N3O2S/c17-12(10-3-5-14-6-4-10)15-7-8-16-13(18)11-2-1-9-19-11/h1-6,9H,7-8H2,(H,15,17)(H,16,18). The molecule has 2 amide bonds. The van der Waals surface area contributed by atoms with Gasteiger partial charge in [0.2, 0.25) is 0 Å². The third kappa shape index (κ3) is 3.89. The van der Waals surface area contributed by atoms with Crippen molar-refractivity contribution in [2.45, 2.75) is 0 Å². The maximum Gasteiger partial charge on any atom is 0.261 e. The summed E-state index contributed by atoms with van der Waals surface area (Å²) in [6.07, 6.45) is 3.13. The van der Waals surface area contributed by atoms with E-state index in [1.54, 1.807) is 30.6 Å². The van der Waals surface area contributed by atoms with Gasteiger partial charge in [-0.15, -0.1) is 11.3 Å². The molecule has 0 spiro atoms. The summed E-state index contributed by atoms with van der Waals surface area (Å²) in [4.78, 5) is 27.8. The van der Waals surface area contributed by atoms with Crippen molar-refractivity contribution in [3.8, 4) is 0 Å². The highest BCUT2D eigenvalue weighted by molar-refractivity contribution is 7.12. The van der Waals surface area contributed by atoms with Crippen molar-refractivity contribution in [3.63, 3.8) is 0 Å². The first-order chi connectivity index (χ1) is 9.27. The van der Waals surface area contributed by atoms with Crippen molar-refractivity contribution in [1.82, 2.24) is 15.6 Å². The molecule has 0 atom stereocenters. The summed E-state index contributed by atoms with van der Waals surface area (Å²) in [5.74, 6) is -0.291. The molecule has 0 fully saturated rings. The SMILES string of the molecule is O=C(NCCNC(=O)c1cccs1)c1ccncc1. The molecule has 2 aromatic heterocycles. The summed E-state index contributed by atoms with van der Waals surface area (Å²) in [7, 11) is 0. The Hall–Kier alpha value is -2.21. The van der Waals surface area contributed by atoms with Crippen molar-refractivity contribution >= 4 is 23.2 Å². The number of rotatable bonds is 5. The summed E-state index contributed by atoms with van der Waals surface area (Å²) >= 11 is 1.39. The molecule has 0 aliphatic heterocycles. The van der Waals surface area contributed by atoms with Crippen LogP contribution in [0, 0.1) is 0 Å². The molecular weight excluding hydrogens is 262 g/mol. The van der Waals surface area contributed by atoms with Crippen LogP contribution in [0.25, 0.3) is 0 Å². The van der Waals surface area contributed by atoms with Crippen molar-refractivity contribution in [2.75, 3.05) is 13.1 Å². The van der Waals surface area contributed by atoms with Gasteiger partial charge < -0.3 is 10.6 Å². The minimum atomic E-state index is -0.173. The van der Waals surface area contributed by atoms with E-state index in [0.717, 1.165) is 0 Å². The average Bonchev–Trinajstić information content (AvgIpc) is 2.98. The van der Waals surface area contributed by atoms with Crippen LogP contribution in [0.3, 0.4) is 0 Å². The number of carbonyl (C=O) groups is 2. The number of nitrogens with zero attached hydrogens (tertiary/aromatic N) is 1. The number of aromatic nitrogens is 1. The fourth-order valence-corrected chi connectivity index (χ4v) is 2.09. The van der Waals surface area contributed by atoms with Gasteiger partial charge in [-0.1, -0.05) is 6.07 Å². The third-order valence-corrected chi connectivity index (χ3v) is 3.25. The maximum absolute atomic E-state index is 11.7. The van der Waals surface area contributed by atoms with Gasteiger partial charge in [0, 0.05) is 31.0 Å². The molecule has 0 aliphatic carbocycles. The zero-order valence-corrected chi connectivity index (χ0v) is 10.9. The van der Waals surface area contributed by atoms with Crippen molar-refractivity contribution < 1.29 is 9.59 Å². The predicted octanol–water partition coefficient (Wildman–Crippen LogP) is 1.30. The number of nitrogens with one attached hydrogen (secondary N) is 2. The van der Waals surface area contributed by atoms with E-state index in [-0.39, 0.29) is 11.8 Å². The van der Waals surface area contributed by atoms with E-state index in [9.17, 15) is 9.59 Å². The van der Waals surface area contributed by atoms with Crippen LogP contribution >= 0.6 is 11.3 Å². The van der Waals surface area contributed by atoms with Gasteiger partial charge in [-0.3, -0.25) is 14.6 Å². The van der Waals surface area contributed by atoms with Crippen LogP contribution in [0.4, 0.5) is 0 Å². The summed E-state index contributed by atoms with van der Waals surface area (Å²) < 4.78 is 0. The van der Waals surface area contributed by atoms with E-state index in [2.05, 4.69) is 15.6 Å². The molecule has 0 bridgehead atoms. The Morgan fingerprint density at radius 1 is 1.05 bits per heavy atom. The minimum absolute atomic E-state index is 0.117. The molecule has 0 unspecified atom stereocenters. The van der Waals surface area contributed by atoms with Gasteiger partial charge in [-0.25, -0.2) is 0 Å². The van der Waals surface area contributed by atoms with Crippen molar-refractivity contribution in [1.29, 1.82) is 0 Å². The van der Waals surface area contributed by atoms with Gasteiger partial charge in [0.1, 0.15) is 0 Å². The molecule has 0 aromatic carbocycles. The van der Waals surface area contributed by atoms with Crippen LogP contribution in [0.15, 0.2) is 42.0 Å². The zero-order valence-electron chi connectivity index (χ0n) is 10.1. The van der Waals surface area contributed by atoms with Gasteiger partial charge >= 0.3 is 0 Å². The Labute approximate surface area is 114 Å². The summed E-state index contributed by atoms with van der Waals surface area (Å²) in [6.45, 7) is 0.784. The molecule has 2 heterocycles. The lowest BCUT2D eigenvalue weighted by Crippen LogP contribution is -2.34. The normalized spacial score (nSPS) is 9.89. The lowest BCUT2D eigenvalue weighted by molar-refractivity contribution is 0.0929. The first-order valence-corrected chi connectivity index (χ1v) is 6.65. The highest BCUT2D eigenvalue weighted by Gasteiger charge is 2.06. The van der Waals surface area contributed by atoms with Crippen LogP contribution < -0.4 is 10.6 Å². The van der Waals surface area contributed by atoms with Gasteiger partial charge in [-0.05, 0) is 23.6 Å². The molecule has 0 saturated heterocycles. The fourth-order valence-electron chi connectivity index (χ4n) is 1.45. The Kier molecular flexibility index (Phi) is 4.63. The predicted molar refractivity (Wildman–Crippen MR) is 73.2 cm³/mol. The van der Waals surface area contributed by atoms with Gasteiger partial charge in [0.15, 0.2) is 0 Å². The molecule has 0 saturated carbocycles. The molecule has 98 valence electrons. The smallest absolute Gasteiger partial charge is 0.261 e. The molecule has 6 heteroatoms. The Morgan fingerprint density at radius 2 is 1.74 bits per heavy atom. The van der Waals surface area contributed by atoms with Gasteiger partial charge in [0.25, 0.3) is 11.8 Å². The number of pyridine rings is 1. The molecule has 0 aliphatic rings. The van der Waals surface area contributed by atoms with Gasteiger partial charge in [0.05, 0.1) is 4.88 Å². The minimum Gasteiger partial charge on any atom is -0.350 e. The Balaban J connectivity index is 1.70. The molecular formula is C13H13N3O2S. The lowest BCUT2D eigenvalue weighted by Gasteiger charge is -2.06. The highest BCUT2D eigenvalue weighted by Crippen LogP contribution is 2.07. The molecule has 2 rings (SSSR count). The van der Waals surface area contributed by atoms with Crippen LogP contribution in [0.5, 0.6) is 0 Å². The topological polar surface area (TPSA) is 71.1 Å². The largest absolute Gasteiger partial charge is 0.350 e. The van der Waals surface area contributed by atoms with Crippen molar-refractivity contribution in [3.05, 3.63) is 52.5 Å². The van der Waals surface area contributed by atoms with E-state index in [0.29, 0.717) is 23.5 Å². The zero-order chi connectivity index (χ0) is 13.5. The number of carbonyl (C=O) groups excluding carboxylic acids is 2. The van der Waals surface area contributed by atoms with Crippen LogP contribution in [-0.2, 0) is 0 Å². The van der Waals surface area contributed by atoms with Gasteiger partial charge in [-0.2, -0.15) is 0 Å². The third-order valence-electron chi connectivity index (χ3n) is 2.38. The molecule has 2 aromatic rings. The number of hydrogen-bond acceptors (Lipinski definition) is 4. The Bertz CT molecular complexity index is 540. The molecule has 0 radical (unpaired) electrons. The fraction of sp³-hybridized carbons (Fsp3) is 0.154. The average molecular weight is 275 g/mol. The summed E-state index contributed by atoms with van der Waals surface area (Å²) in [5, 5.41) is 7.31. The summed E-state index contributed by atoms with van der Waals surface area (Å²) in [5.41, 5.74) is 0.555. The maximum atomic E-state index is 11.7.